The molecule has 17 heavy (non-hydrogen) atoms. The van der Waals surface area contributed by atoms with Crippen LogP contribution in [0.5, 0.6) is 0 Å². The van der Waals surface area contributed by atoms with Gasteiger partial charge in [0.15, 0.2) is 0 Å². The lowest BCUT2D eigenvalue weighted by Crippen LogP contribution is -2.33. The molecule has 1 aliphatic carbocycles. The summed E-state index contributed by atoms with van der Waals surface area (Å²) in [4.78, 5) is 14.0. The van der Waals surface area contributed by atoms with Gasteiger partial charge in [0, 0.05) is 31.2 Å². The van der Waals surface area contributed by atoms with E-state index >= 15 is 0 Å². The summed E-state index contributed by atoms with van der Waals surface area (Å²) in [6.07, 6.45) is 8.05. The summed E-state index contributed by atoms with van der Waals surface area (Å²) in [5.41, 5.74) is 0. The Hall–Kier alpha value is -0.0900. The second-order valence-electron chi connectivity index (χ2n) is 5.03. The van der Waals surface area contributed by atoms with Crippen LogP contribution in [0.1, 0.15) is 44.9 Å². The molecule has 0 spiro atoms. The fraction of sp³-hybridized carbons (Fsp3) is 0.846. The number of likely N-dealkylation sites (tertiary alicyclic amines) is 1. The van der Waals surface area contributed by atoms with Gasteiger partial charge in [-0.3, -0.25) is 4.79 Å². The lowest BCUT2D eigenvalue weighted by Gasteiger charge is -2.29. The first-order chi connectivity index (χ1) is 8.27. The molecule has 1 heterocycles. The van der Waals surface area contributed by atoms with Crippen LogP contribution in [0.2, 0.25) is 0 Å². The summed E-state index contributed by atoms with van der Waals surface area (Å²) in [7, 11) is 0. The number of hydrogen-bond acceptors (Lipinski definition) is 3. The molecular formula is C13H21NOS2. The Morgan fingerprint density at radius 2 is 2.00 bits per heavy atom. The third-order valence-electron chi connectivity index (χ3n) is 3.70. The highest BCUT2D eigenvalue weighted by Gasteiger charge is 2.23. The average Bonchev–Trinajstić information content (AvgIpc) is 2.38. The lowest BCUT2D eigenvalue weighted by molar-refractivity contribution is -0.123. The maximum atomic E-state index is 11.7. The SMILES string of the molecule is O=C1CCCCC1CSC(=S)N1CCCCC1. The van der Waals surface area contributed by atoms with E-state index in [4.69, 9.17) is 12.2 Å². The maximum Gasteiger partial charge on any atom is 0.136 e. The van der Waals surface area contributed by atoms with Crippen LogP contribution >= 0.6 is 24.0 Å². The van der Waals surface area contributed by atoms with E-state index in [9.17, 15) is 4.79 Å². The van der Waals surface area contributed by atoms with Crippen LogP contribution in [0.3, 0.4) is 0 Å². The minimum absolute atomic E-state index is 0.275. The topological polar surface area (TPSA) is 20.3 Å². The molecule has 96 valence electrons. The van der Waals surface area contributed by atoms with Crippen LogP contribution in [0.4, 0.5) is 0 Å². The molecule has 0 amide bonds. The Balaban J connectivity index is 1.73. The largest absolute Gasteiger partial charge is 0.358 e. The summed E-state index contributed by atoms with van der Waals surface area (Å²) in [5, 5.41) is 0. The number of carbonyl (C=O) groups is 1. The predicted octanol–water partition coefficient (Wildman–Crippen LogP) is 3.25. The smallest absolute Gasteiger partial charge is 0.136 e. The van der Waals surface area contributed by atoms with Crippen molar-refractivity contribution < 1.29 is 4.79 Å². The molecule has 1 aliphatic heterocycles. The van der Waals surface area contributed by atoms with Gasteiger partial charge in [0.2, 0.25) is 0 Å². The predicted molar refractivity (Wildman–Crippen MR) is 77.4 cm³/mol. The zero-order valence-corrected chi connectivity index (χ0v) is 12.0. The Morgan fingerprint density at radius 1 is 1.24 bits per heavy atom. The highest BCUT2D eigenvalue weighted by molar-refractivity contribution is 8.22. The molecule has 0 radical (unpaired) electrons. The molecule has 4 heteroatoms. The molecule has 2 fully saturated rings. The first-order valence-corrected chi connectivity index (χ1v) is 8.11. The molecule has 0 aromatic rings. The van der Waals surface area contributed by atoms with E-state index in [1.54, 1.807) is 11.8 Å². The molecule has 0 aromatic heterocycles. The molecule has 1 saturated carbocycles. The molecule has 2 rings (SSSR count). The second kappa shape index (κ2) is 6.74. The number of hydrogen-bond donors (Lipinski definition) is 0. The summed E-state index contributed by atoms with van der Waals surface area (Å²) in [6, 6.07) is 0. The monoisotopic (exact) mass is 271 g/mol. The van der Waals surface area contributed by atoms with Crippen LogP contribution in [-0.4, -0.2) is 33.8 Å². The van der Waals surface area contributed by atoms with Crippen molar-refractivity contribution in [3.8, 4) is 0 Å². The minimum atomic E-state index is 0.275. The average molecular weight is 271 g/mol. The summed E-state index contributed by atoms with van der Waals surface area (Å²) < 4.78 is 1.02. The van der Waals surface area contributed by atoms with Crippen molar-refractivity contribution in [3.05, 3.63) is 0 Å². The standard InChI is InChI=1S/C13H21NOS2/c15-12-7-3-2-6-11(12)10-17-13(16)14-8-4-1-5-9-14/h11H,1-10H2. The van der Waals surface area contributed by atoms with Crippen molar-refractivity contribution in [2.24, 2.45) is 5.92 Å². The van der Waals surface area contributed by atoms with Crippen LogP contribution in [0.25, 0.3) is 0 Å². The fourth-order valence-electron chi connectivity index (χ4n) is 2.57. The molecule has 2 nitrogen and oxygen atoms in total. The highest BCUT2D eigenvalue weighted by Crippen LogP contribution is 2.26. The van der Waals surface area contributed by atoms with Crippen molar-refractivity contribution in [1.29, 1.82) is 0 Å². The van der Waals surface area contributed by atoms with E-state index in [-0.39, 0.29) is 5.92 Å². The van der Waals surface area contributed by atoms with Crippen LogP contribution in [0.15, 0.2) is 0 Å². The molecule has 2 aliphatic rings. The number of carbonyl (C=O) groups excluding carboxylic acids is 1. The molecule has 0 aromatic carbocycles. The third kappa shape index (κ3) is 3.95. The van der Waals surface area contributed by atoms with Gasteiger partial charge in [0.25, 0.3) is 0 Å². The zero-order chi connectivity index (χ0) is 12.1. The summed E-state index contributed by atoms with van der Waals surface area (Å²) >= 11 is 7.19. The van der Waals surface area contributed by atoms with E-state index in [2.05, 4.69) is 4.90 Å². The van der Waals surface area contributed by atoms with Gasteiger partial charge in [-0.15, -0.1) is 0 Å². The van der Waals surface area contributed by atoms with Crippen LogP contribution in [-0.2, 0) is 4.79 Å². The van der Waals surface area contributed by atoms with Gasteiger partial charge in [-0.25, -0.2) is 0 Å². The van der Waals surface area contributed by atoms with Gasteiger partial charge in [-0.05, 0) is 32.1 Å². The minimum Gasteiger partial charge on any atom is -0.358 e. The fourth-order valence-corrected chi connectivity index (χ4v) is 4.02. The number of rotatable bonds is 2. The Labute approximate surface area is 114 Å². The molecule has 1 unspecified atom stereocenters. The first-order valence-electron chi connectivity index (χ1n) is 6.72. The molecule has 0 N–H and O–H groups in total. The normalized spacial score (nSPS) is 26.0. The lowest BCUT2D eigenvalue weighted by atomic mass is 9.89. The number of thiocarbonyl (C=S) groups is 1. The van der Waals surface area contributed by atoms with Crippen molar-refractivity contribution in [2.75, 3.05) is 18.8 Å². The Kier molecular flexibility index (Phi) is 5.29. The van der Waals surface area contributed by atoms with E-state index < -0.39 is 0 Å². The number of nitrogens with zero attached hydrogens (tertiary/aromatic N) is 1. The number of piperidine rings is 1. The zero-order valence-electron chi connectivity index (χ0n) is 10.3. The summed E-state index contributed by atoms with van der Waals surface area (Å²) in [5.74, 6) is 1.65. The van der Waals surface area contributed by atoms with Gasteiger partial charge in [0.1, 0.15) is 10.1 Å². The van der Waals surface area contributed by atoms with E-state index in [1.165, 1.54) is 25.7 Å². The number of ketones is 1. The molecular weight excluding hydrogens is 250 g/mol. The number of thioether (sulfide) groups is 1. The van der Waals surface area contributed by atoms with Crippen molar-refractivity contribution >= 4 is 34.1 Å². The van der Waals surface area contributed by atoms with Crippen molar-refractivity contribution in [2.45, 2.75) is 44.9 Å². The van der Waals surface area contributed by atoms with Gasteiger partial charge in [0.05, 0.1) is 0 Å². The van der Waals surface area contributed by atoms with Gasteiger partial charge in [-0.1, -0.05) is 30.4 Å². The van der Waals surface area contributed by atoms with Crippen LogP contribution in [0, 0.1) is 5.92 Å². The second-order valence-corrected chi connectivity index (χ2v) is 6.69. The Bertz CT molecular complexity index is 287. The Morgan fingerprint density at radius 3 is 2.71 bits per heavy atom. The van der Waals surface area contributed by atoms with Gasteiger partial charge >= 0.3 is 0 Å². The maximum absolute atomic E-state index is 11.7. The number of Topliss-reactive ketones (excluding diaryl/α,β-unsaturated/α-hetero) is 1. The highest BCUT2D eigenvalue weighted by atomic mass is 32.2. The molecule has 0 bridgehead atoms. The molecule has 1 atom stereocenters. The third-order valence-corrected chi connectivity index (χ3v) is 5.39. The quantitative estimate of drug-likeness (QED) is 0.718. The van der Waals surface area contributed by atoms with Gasteiger partial charge < -0.3 is 4.90 Å². The molecule has 1 saturated heterocycles. The van der Waals surface area contributed by atoms with Crippen molar-refractivity contribution in [3.63, 3.8) is 0 Å². The van der Waals surface area contributed by atoms with Crippen LogP contribution < -0.4 is 0 Å². The van der Waals surface area contributed by atoms with E-state index in [0.717, 1.165) is 42.4 Å². The van der Waals surface area contributed by atoms with Gasteiger partial charge in [-0.2, -0.15) is 0 Å². The van der Waals surface area contributed by atoms with Crippen molar-refractivity contribution in [1.82, 2.24) is 4.90 Å². The van der Waals surface area contributed by atoms with E-state index in [1.807, 2.05) is 0 Å². The summed E-state index contributed by atoms with van der Waals surface area (Å²) in [6.45, 7) is 2.23. The van der Waals surface area contributed by atoms with E-state index in [0.29, 0.717) is 5.78 Å². The first kappa shape index (κ1) is 13.3.